The van der Waals surface area contributed by atoms with E-state index in [9.17, 15) is 0 Å². The van der Waals surface area contributed by atoms with Gasteiger partial charge in [0.15, 0.2) is 0 Å². The van der Waals surface area contributed by atoms with Gasteiger partial charge in [0.05, 0.1) is 5.52 Å². The fraction of sp³-hybridized carbons (Fsp3) is 0.400. The number of nitrogens with two attached hydrogens (primary N) is 1. The Morgan fingerprint density at radius 1 is 1.33 bits per heavy atom. The molecule has 2 nitrogen and oxygen atoms in total. The number of hydrogen-bond acceptors (Lipinski definition) is 2. The zero-order valence-corrected chi connectivity index (χ0v) is 11.5. The van der Waals surface area contributed by atoms with Crippen LogP contribution in [0.5, 0.6) is 0 Å². The molecule has 0 bridgehead atoms. The average Bonchev–Trinajstić information content (AvgIpc) is 2.27. The number of pyridine rings is 1. The number of aromatic nitrogens is 1. The molecule has 0 saturated heterocycles. The van der Waals surface area contributed by atoms with Gasteiger partial charge in [0.1, 0.15) is 0 Å². The molecule has 1 heterocycles. The molecule has 1 aromatic carbocycles. The minimum atomic E-state index is 0.318. The number of nitrogen functional groups attached to an aromatic ring is 1. The fourth-order valence-corrected chi connectivity index (χ4v) is 2.95. The first kappa shape index (κ1) is 11.8. The molecule has 3 rings (SSSR count). The van der Waals surface area contributed by atoms with E-state index < -0.39 is 0 Å². The molecule has 0 atom stereocenters. The van der Waals surface area contributed by atoms with Crippen molar-refractivity contribution in [3.05, 3.63) is 34.5 Å². The number of anilines is 1. The number of fused-ring (bicyclic) bond motifs is 2. The zero-order chi connectivity index (χ0) is 12.9. The van der Waals surface area contributed by atoms with Crippen LogP contribution in [0.3, 0.4) is 0 Å². The summed E-state index contributed by atoms with van der Waals surface area (Å²) in [6.07, 6.45) is 3.19. The summed E-state index contributed by atoms with van der Waals surface area (Å²) < 4.78 is 0. The molecule has 18 heavy (non-hydrogen) atoms. The Morgan fingerprint density at radius 3 is 2.89 bits per heavy atom. The van der Waals surface area contributed by atoms with Gasteiger partial charge in [-0.15, -0.1) is 0 Å². The topological polar surface area (TPSA) is 38.9 Å². The number of hydrogen-bond donors (Lipinski definition) is 1. The van der Waals surface area contributed by atoms with E-state index in [-0.39, 0.29) is 0 Å². The molecule has 1 aromatic heterocycles. The SMILES string of the molecule is CC1(C)CCc2c(nc3cc(Cl)ccc3c2N)C1. The highest BCUT2D eigenvalue weighted by Crippen LogP contribution is 2.38. The third-order valence-corrected chi connectivity index (χ3v) is 4.11. The minimum absolute atomic E-state index is 0.318. The molecule has 1 aliphatic carbocycles. The van der Waals surface area contributed by atoms with E-state index in [0.29, 0.717) is 10.4 Å². The molecule has 0 fully saturated rings. The molecule has 0 saturated carbocycles. The van der Waals surface area contributed by atoms with E-state index in [1.165, 1.54) is 12.0 Å². The monoisotopic (exact) mass is 260 g/mol. The Labute approximate surface area is 112 Å². The van der Waals surface area contributed by atoms with Crippen LogP contribution in [0.4, 0.5) is 5.69 Å². The summed E-state index contributed by atoms with van der Waals surface area (Å²) in [5.74, 6) is 0. The first-order valence-electron chi connectivity index (χ1n) is 6.33. The Kier molecular flexibility index (Phi) is 2.53. The maximum absolute atomic E-state index is 6.30. The maximum atomic E-state index is 6.30. The lowest BCUT2D eigenvalue weighted by Gasteiger charge is -2.31. The molecule has 94 valence electrons. The van der Waals surface area contributed by atoms with E-state index in [1.54, 1.807) is 0 Å². The van der Waals surface area contributed by atoms with E-state index in [1.807, 2.05) is 18.2 Å². The van der Waals surface area contributed by atoms with Crippen molar-refractivity contribution in [3.8, 4) is 0 Å². The highest BCUT2D eigenvalue weighted by molar-refractivity contribution is 6.31. The highest BCUT2D eigenvalue weighted by Gasteiger charge is 2.28. The lowest BCUT2D eigenvalue weighted by atomic mass is 9.75. The third-order valence-electron chi connectivity index (χ3n) is 3.88. The molecular weight excluding hydrogens is 244 g/mol. The second-order valence-electron chi connectivity index (χ2n) is 5.95. The normalized spacial score (nSPS) is 17.7. The van der Waals surface area contributed by atoms with Gasteiger partial charge in [-0.3, -0.25) is 4.98 Å². The van der Waals surface area contributed by atoms with E-state index in [2.05, 4.69) is 13.8 Å². The van der Waals surface area contributed by atoms with Crippen LogP contribution in [-0.4, -0.2) is 4.98 Å². The summed E-state index contributed by atoms with van der Waals surface area (Å²) in [5.41, 5.74) is 10.8. The molecule has 0 aliphatic heterocycles. The maximum Gasteiger partial charge on any atom is 0.0741 e. The van der Waals surface area contributed by atoms with Crippen molar-refractivity contribution in [3.63, 3.8) is 0 Å². The smallest absolute Gasteiger partial charge is 0.0741 e. The number of halogens is 1. The first-order chi connectivity index (χ1) is 8.46. The van der Waals surface area contributed by atoms with Gasteiger partial charge in [-0.2, -0.15) is 0 Å². The van der Waals surface area contributed by atoms with Crippen molar-refractivity contribution >= 4 is 28.2 Å². The van der Waals surface area contributed by atoms with E-state index in [0.717, 1.165) is 35.1 Å². The van der Waals surface area contributed by atoms with E-state index >= 15 is 0 Å². The van der Waals surface area contributed by atoms with Crippen LogP contribution < -0.4 is 5.73 Å². The largest absolute Gasteiger partial charge is 0.398 e. The predicted molar refractivity (Wildman–Crippen MR) is 77.0 cm³/mol. The fourth-order valence-electron chi connectivity index (χ4n) is 2.79. The van der Waals surface area contributed by atoms with Gasteiger partial charge < -0.3 is 5.73 Å². The molecule has 0 unspecified atom stereocenters. The summed E-state index contributed by atoms with van der Waals surface area (Å²) in [6, 6.07) is 5.75. The first-order valence-corrected chi connectivity index (χ1v) is 6.71. The zero-order valence-electron chi connectivity index (χ0n) is 10.8. The van der Waals surface area contributed by atoms with Crippen molar-refractivity contribution in [2.24, 2.45) is 5.41 Å². The lowest BCUT2D eigenvalue weighted by Crippen LogP contribution is -2.24. The molecule has 3 heteroatoms. The van der Waals surface area contributed by atoms with Crippen LogP contribution in [0, 0.1) is 5.41 Å². The van der Waals surface area contributed by atoms with Gasteiger partial charge in [0, 0.05) is 21.8 Å². The highest BCUT2D eigenvalue weighted by atomic mass is 35.5. The predicted octanol–water partition coefficient (Wildman–Crippen LogP) is 3.99. The van der Waals surface area contributed by atoms with Crippen molar-refractivity contribution in [1.29, 1.82) is 0 Å². The molecule has 1 aliphatic rings. The van der Waals surface area contributed by atoms with Crippen LogP contribution in [0.15, 0.2) is 18.2 Å². The lowest BCUT2D eigenvalue weighted by molar-refractivity contribution is 0.312. The second kappa shape index (κ2) is 3.86. The number of rotatable bonds is 0. The van der Waals surface area contributed by atoms with Crippen molar-refractivity contribution < 1.29 is 0 Å². The van der Waals surface area contributed by atoms with Crippen LogP contribution in [0.25, 0.3) is 10.9 Å². The molecule has 2 aromatic rings. The van der Waals surface area contributed by atoms with Gasteiger partial charge in [-0.1, -0.05) is 25.4 Å². The van der Waals surface area contributed by atoms with Crippen LogP contribution >= 0.6 is 11.6 Å². The van der Waals surface area contributed by atoms with Gasteiger partial charge in [0.2, 0.25) is 0 Å². The summed E-state index contributed by atoms with van der Waals surface area (Å²) in [6.45, 7) is 4.58. The quantitative estimate of drug-likeness (QED) is 0.778. The van der Waals surface area contributed by atoms with Crippen molar-refractivity contribution in [1.82, 2.24) is 4.98 Å². The second-order valence-corrected chi connectivity index (χ2v) is 6.39. The van der Waals surface area contributed by atoms with Crippen molar-refractivity contribution in [2.45, 2.75) is 33.1 Å². The van der Waals surface area contributed by atoms with Gasteiger partial charge in [-0.05, 0) is 48.4 Å². The Balaban J connectivity index is 2.26. The third kappa shape index (κ3) is 1.85. The molecular formula is C15H17ClN2. The van der Waals surface area contributed by atoms with Crippen LogP contribution in [-0.2, 0) is 12.8 Å². The molecule has 2 N–H and O–H groups in total. The van der Waals surface area contributed by atoms with E-state index in [4.69, 9.17) is 22.3 Å². The van der Waals surface area contributed by atoms with Crippen molar-refractivity contribution in [2.75, 3.05) is 5.73 Å². The molecule has 0 amide bonds. The Bertz CT molecular complexity index is 632. The summed E-state index contributed by atoms with van der Waals surface area (Å²) in [4.78, 5) is 4.77. The Hall–Kier alpha value is -1.28. The standard InChI is InChI=1S/C15H17ClN2/c1-15(2)6-5-11-13(8-15)18-12-7-9(16)3-4-10(12)14(11)17/h3-4,7H,5-6,8H2,1-2H3,(H2,17,18). The van der Waals surface area contributed by atoms with Gasteiger partial charge in [0.25, 0.3) is 0 Å². The van der Waals surface area contributed by atoms with Gasteiger partial charge >= 0.3 is 0 Å². The van der Waals surface area contributed by atoms with Gasteiger partial charge in [-0.25, -0.2) is 0 Å². The summed E-state index contributed by atoms with van der Waals surface area (Å²) in [5, 5.41) is 1.74. The van der Waals surface area contributed by atoms with Crippen LogP contribution in [0.2, 0.25) is 5.02 Å². The molecule has 0 spiro atoms. The number of nitrogens with zero attached hydrogens (tertiary/aromatic N) is 1. The Morgan fingerprint density at radius 2 is 2.11 bits per heavy atom. The average molecular weight is 261 g/mol. The van der Waals surface area contributed by atoms with Crippen LogP contribution in [0.1, 0.15) is 31.5 Å². The summed E-state index contributed by atoms with van der Waals surface area (Å²) >= 11 is 6.03. The number of benzene rings is 1. The minimum Gasteiger partial charge on any atom is -0.398 e. The molecule has 0 radical (unpaired) electrons. The summed E-state index contributed by atoms with van der Waals surface area (Å²) in [7, 11) is 0.